The second-order valence-corrected chi connectivity index (χ2v) is 7.92. The highest BCUT2D eigenvalue weighted by molar-refractivity contribution is 5.80. The summed E-state index contributed by atoms with van der Waals surface area (Å²) < 4.78 is 16.9. The fourth-order valence-electron chi connectivity index (χ4n) is 3.80. The zero-order valence-corrected chi connectivity index (χ0v) is 18.8. The minimum Gasteiger partial charge on any atom is -0.476 e. The van der Waals surface area contributed by atoms with Gasteiger partial charge in [0.15, 0.2) is 5.82 Å². The van der Waals surface area contributed by atoms with E-state index in [2.05, 4.69) is 50.4 Å². The summed E-state index contributed by atoms with van der Waals surface area (Å²) in [6.07, 6.45) is 2.82. The van der Waals surface area contributed by atoms with Crippen LogP contribution in [0.4, 0.5) is 11.5 Å². The number of benzene rings is 1. The average Bonchev–Trinajstić information content (AvgIpc) is 2.85. The second kappa shape index (κ2) is 11.8. The highest BCUT2D eigenvalue weighted by atomic mass is 16.5. The smallest absolute Gasteiger partial charge is 0.217 e. The molecule has 0 spiro atoms. The maximum Gasteiger partial charge on any atom is 0.217 e. The molecule has 0 atom stereocenters. The van der Waals surface area contributed by atoms with Crippen LogP contribution in [0.3, 0.4) is 0 Å². The molecule has 32 heavy (non-hydrogen) atoms. The van der Waals surface area contributed by atoms with E-state index in [1.54, 1.807) is 0 Å². The molecule has 0 aliphatic carbocycles. The number of aryl methyl sites for hydroxylation is 1. The number of aromatic nitrogens is 1. The van der Waals surface area contributed by atoms with Crippen molar-refractivity contribution in [1.29, 1.82) is 0 Å². The molecule has 2 saturated heterocycles. The van der Waals surface area contributed by atoms with E-state index in [-0.39, 0.29) is 0 Å². The maximum absolute atomic E-state index is 6.03. The Hall–Kier alpha value is -2.68. The maximum atomic E-state index is 6.03. The highest BCUT2D eigenvalue weighted by Crippen LogP contribution is 2.25. The van der Waals surface area contributed by atoms with Crippen LogP contribution in [0.5, 0.6) is 5.88 Å². The molecule has 1 aromatic heterocycles. The summed E-state index contributed by atoms with van der Waals surface area (Å²) in [5, 5.41) is 4.41. The van der Waals surface area contributed by atoms with Crippen molar-refractivity contribution in [3.63, 3.8) is 0 Å². The minimum atomic E-state index is 0.589. The van der Waals surface area contributed by atoms with Gasteiger partial charge in [-0.15, -0.1) is 0 Å². The molecular weight excluding hydrogens is 406 g/mol. The molecule has 1 N–H and O–H groups in total. The van der Waals surface area contributed by atoms with E-state index in [4.69, 9.17) is 14.2 Å². The molecule has 0 amide bonds. The van der Waals surface area contributed by atoms with E-state index in [0.717, 1.165) is 76.8 Å². The monoisotopic (exact) mass is 439 g/mol. The van der Waals surface area contributed by atoms with E-state index in [9.17, 15) is 0 Å². The second-order valence-electron chi connectivity index (χ2n) is 7.92. The van der Waals surface area contributed by atoms with Crippen LogP contribution in [0, 0.1) is 0 Å². The lowest BCUT2D eigenvalue weighted by Crippen LogP contribution is -2.38. The number of hydrogen-bond acceptors (Lipinski definition) is 8. The molecule has 0 bridgehead atoms. The highest BCUT2D eigenvalue weighted by Gasteiger charge is 2.15. The zero-order valence-electron chi connectivity index (χ0n) is 18.8. The molecule has 0 radical (unpaired) electrons. The summed E-state index contributed by atoms with van der Waals surface area (Å²) in [5.74, 6) is 1.27. The summed E-state index contributed by atoms with van der Waals surface area (Å²) in [7, 11) is 0. The van der Waals surface area contributed by atoms with Gasteiger partial charge in [-0.1, -0.05) is 31.2 Å². The number of nitrogens with zero attached hydrogens (tertiary/aromatic N) is 4. The van der Waals surface area contributed by atoms with Gasteiger partial charge in [-0.2, -0.15) is 10.1 Å². The van der Waals surface area contributed by atoms with Crippen LogP contribution in [-0.2, 0) is 15.9 Å². The fourth-order valence-corrected chi connectivity index (χ4v) is 3.80. The molecular formula is C24H33N5O3. The largest absolute Gasteiger partial charge is 0.476 e. The van der Waals surface area contributed by atoms with Gasteiger partial charge < -0.3 is 19.1 Å². The standard InChI is InChI=1S/C24H33N5O3/c1-2-20-4-3-5-21(16-20)19-25-27-23-17-22(29-9-13-31-14-10-29)18-24(26-23)32-15-8-28-6-11-30-12-7-28/h3-5,16-19H,2,6-15H2,1H3,(H,26,27). The molecule has 2 fully saturated rings. The summed E-state index contributed by atoms with van der Waals surface area (Å²) in [6, 6.07) is 12.4. The number of rotatable bonds is 9. The van der Waals surface area contributed by atoms with Gasteiger partial charge in [0.25, 0.3) is 0 Å². The molecule has 2 aliphatic heterocycles. The van der Waals surface area contributed by atoms with Crippen LogP contribution < -0.4 is 15.1 Å². The first kappa shape index (κ1) is 22.5. The van der Waals surface area contributed by atoms with Gasteiger partial charge in [-0.3, -0.25) is 10.3 Å². The minimum absolute atomic E-state index is 0.589. The van der Waals surface area contributed by atoms with E-state index in [0.29, 0.717) is 18.3 Å². The Morgan fingerprint density at radius 1 is 1.06 bits per heavy atom. The van der Waals surface area contributed by atoms with Crippen LogP contribution in [0.1, 0.15) is 18.1 Å². The molecule has 8 heteroatoms. The summed E-state index contributed by atoms with van der Waals surface area (Å²) in [5.41, 5.74) is 6.50. The van der Waals surface area contributed by atoms with Gasteiger partial charge in [-0.25, -0.2) is 0 Å². The van der Waals surface area contributed by atoms with E-state index in [1.165, 1.54) is 5.56 Å². The van der Waals surface area contributed by atoms with Gasteiger partial charge in [0, 0.05) is 50.5 Å². The fraction of sp³-hybridized carbons (Fsp3) is 0.500. The van der Waals surface area contributed by atoms with Crippen LogP contribution in [0.2, 0.25) is 0 Å². The number of pyridine rings is 1. The van der Waals surface area contributed by atoms with Crippen LogP contribution in [0.15, 0.2) is 41.5 Å². The van der Waals surface area contributed by atoms with Crippen molar-refractivity contribution in [1.82, 2.24) is 9.88 Å². The Morgan fingerprint density at radius 3 is 2.62 bits per heavy atom. The third-order valence-corrected chi connectivity index (χ3v) is 5.68. The van der Waals surface area contributed by atoms with Gasteiger partial charge in [0.05, 0.1) is 32.6 Å². The molecule has 0 unspecified atom stereocenters. The zero-order chi connectivity index (χ0) is 22.0. The van der Waals surface area contributed by atoms with Crippen LogP contribution >= 0.6 is 0 Å². The predicted molar refractivity (Wildman–Crippen MR) is 127 cm³/mol. The topological polar surface area (TPSA) is 71.5 Å². The van der Waals surface area contributed by atoms with Crippen molar-refractivity contribution in [3.05, 3.63) is 47.5 Å². The average molecular weight is 440 g/mol. The Balaban J connectivity index is 1.43. The lowest BCUT2D eigenvalue weighted by Gasteiger charge is -2.29. The van der Waals surface area contributed by atoms with Gasteiger partial charge in [0.1, 0.15) is 6.61 Å². The molecule has 2 aliphatic rings. The first-order chi connectivity index (χ1) is 15.8. The number of hydrazone groups is 1. The van der Waals surface area contributed by atoms with Crippen molar-refractivity contribution in [2.75, 3.05) is 76.1 Å². The van der Waals surface area contributed by atoms with Crippen LogP contribution in [-0.4, -0.2) is 81.9 Å². The third kappa shape index (κ3) is 6.66. The van der Waals surface area contributed by atoms with Gasteiger partial charge in [0.2, 0.25) is 5.88 Å². The molecule has 1 aromatic carbocycles. The van der Waals surface area contributed by atoms with Crippen molar-refractivity contribution in [3.8, 4) is 5.88 Å². The van der Waals surface area contributed by atoms with Crippen molar-refractivity contribution < 1.29 is 14.2 Å². The van der Waals surface area contributed by atoms with Crippen molar-refractivity contribution >= 4 is 17.7 Å². The van der Waals surface area contributed by atoms with Crippen molar-refractivity contribution in [2.45, 2.75) is 13.3 Å². The normalized spacial score (nSPS) is 17.6. The Morgan fingerprint density at radius 2 is 1.84 bits per heavy atom. The van der Waals surface area contributed by atoms with Gasteiger partial charge in [-0.05, 0) is 17.5 Å². The molecule has 8 nitrogen and oxygen atoms in total. The Kier molecular flexibility index (Phi) is 8.30. The molecule has 2 aromatic rings. The number of nitrogens with one attached hydrogen (secondary N) is 1. The lowest BCUT2D eigenvalue weighted by atomic mass is 10.1. The third-order valence-electron chi connectivity index (χ3n) is 5.68. The number of ether oxygens (including phenoxy) is 3. The first-order valence-corrected chi connectivity index (χ1v) is 11.5. The van der Waals surface area contributed by atoms with E-state index < -0.39 is 0 Å². The van der Waals surface area contributed by atoms with Crippen LogP contribution in [0.25, 0.3) is 0 Å². The lowest BCUT2D eigenvalue weighted by molar-refractivity contribution is 0.0320. The Bertz CT molecular complexity index is 880. The quantitative estimate of drug-likeness (QED) is 0.476. The Labute approximate surface area is 190 Å². The number of hydrogen-bond donors (Lipinski definition) is 1. The molecule has 0 saturated carbocycles. The molecule has 4 rings (SSSR count). The number of morpholine rings is 2. The number of anilines is 2. The predicted octanol–water partition coefficient (Wildman–Crippen LogP) is 2.64. The first-order valence-electron chi connectivity index (χ1n) is 11.5. The SMILES string of the molecule is CCc1cccc(C=NNc2cc(N3CCOCC3)cc(OCCN3CCOCC3)n2)c1. The molecule has 3 heterocycles. The molecule has 172 valence electrons. The van der Waals surface area contributed by atoms with Crippen molar-refractivity contribution in [2.24, 2.45) is 5.10 Å². The van der Waals surface area contributed by atoms with E-state index >= 15 is 0 Å². The summed E-state index contributed by atoms with van der Waals surface area (Å²) in [6.45, 7) is 10.2. The van der Waals surface area contributed by atoms with E-state index in [1.807, 2.05) is 24.4 Å². The van der Waals surface area contributed by atoms with Gasteiger partial charge >= 0.3 is 0 Å². The summed E-state index contributed by atoms with van der Waals surface area (Å²) in [4.78, 5) is 9.27. The summed E-state index contributed by atoms with van der Waals surface area (Å²) >= 11 is 0.